The molecule has 0 fully saturated rings. The molecule has 2 aliphatic rings. The smallest absolute Gasteiger partial charge is 0.204 e. The fourth-order valence-corrected chi connectivity index (χ4v) is 7.32. The predicted molar refractivity (Wildman–Crippen MR) is 190 cm³/mol. The first-order valence-electron chi connectivity index (χ1n) is 16.1. The number of fused-ring (bicyclic) bond motifs is 2. The average molecular weight is 707 g/mol. The molecular formula is C44H18F4N6. The van der Waals surface area contributed by atoms with E-state index in [2.05, 4.69) is 21.8 Å². The first-order valence-corrected chi connectivity index (χ1v) is 16.1. The molecule has 54 heavy (non-hydrogen) atoms. The minimum Gasteiger partial charge on any atom is -0.204 e. The van der Waals surface area contributed by atoms with Crippen LogP contribution in [0, 0.1) is 81.7 Å². The van der Waals surface area contributed by atoms with E-state index in [1.807, 2.05) is 12.1 Å². The highest BCUT2D eigenvalue weighted by molar-refractivity contribution is 5.98. The number of hydrogen-bond acceptors (Lipinski definition) is 4. The van der Waals surface area contributed by atoms with Crippen molar-refractivity contribution in [2.24, 2.45) is 0 Å². The van der Waals surface area contributed by atoms with Crippen LogP contribution < -0.4 is 10.4 Å². The summed E-state index contributed by atoms with van der Waals surface area (Å²) in [4.78, 5) is 7.01. The van der Waals surface area contributed by atoms with Gasteiger partial charge >= 0.3 is 5.82 Å². The maximum absolute atomic E-state index is 15.1. The second kappa shape index (κ2) is 13.6. The van der Waals surface area contributed by atoms with Crippen molar-refractivity contribution in [3.63, 3.8) is 0 Å². The van der Waals surface area contributed by atoms with E-state index in [1.54, 1.807) is 48.5 Å². The summed E-state index contributed by atoms with van der Waals surface area (Å²) in [5.41, 5.74) is 4.78. The molecule has 0 heterocycles. The Morgan fingerprint density at radius 1 is 0.519 bits per heavy atom. The van der Waals surface area contributed by atoms with Gasteiger partial charge in [0.15, 0.2) is 23.3 Å². The summed E-state index contributed by atoms with van der Waals surface area (Å²) in [6, 6.07) is 27.6. The third-order valence-corrected chi connectivity index (χ3v) is 9.55. The van der Waals surface area contributed by atoms with Crippen LogP contribution in [0.15, 0.2) is 107 Å². The monoisotopic (exact) mass is 706 g/mol. The summed E-state index contributed by atoms with van der Waals surface area (Å²) in [5, 5.41) is 40.5. The Balaban J connectivity index is 1.85. The lowest BCUT2D eigenvalue weighted by Gasteiger charge is -2.17. The molecule has 0 aliphatic heterocycles. The number of hydrogen-bond donors (Lipinski definition) is 0. The van der Waals surface area contributed by atoms with Gasteiger partial charge in [0.1, 0.15) is 30.9 Å². The van der Waals surface area contributed by atoms with Crippen LogP contribution in [-0.4, -0.2) is 0 Å². The molecule has 0 saturated carbocycles. The van der Waals surface area contributed by atoms with E-state index < -0.39 is 23.3 Å². The summed E-state index contributed by atoms with van der Waals surface area (Å²) < 4.78 is 58.9. The van der Waals surface area contributed by atoms with E-state index in [1.165, 1.54) is 12.1 Å². The highest BCUT2D eigenvalue weighted by Gasteiger charge is 2.37. The summed E-state index contributed by atoms with van der Waals surface area (Å²) in [7, 11) is 0. The zero-order chi connectivity index (χ0) is 38.3. The largest absolute Gasteiger partial charge is 0.523 e. The molecule has 0 unspecified atom stereocenters. The van der Waals surface area contributed by atoms with Crippen molar-refractivity contribution in [2.75, 3.05) is 0 Å². The number of benzene rings is 5. The van der Waals surface area contributed by atoms with E-state index >= 15 is 8.78 Å². The third-order valence-electron chi connectivity index (χ3n) is 9.55. The molecule has 5 aromatic carbocycles. The van der Waals surface area contributed by atoms with Gasteiger partial charge in [-0.15, -0.1) is 0 Å². The van der Waals surface area contributed by atoms with Crippen LogP contribution in [0.3, 0.4) is 0 Å². The molecule has 7 rings (SSSR count). The standard InChI is InChI=1S/C44H18F4N6/c1-53-44(54-2)33-18-32-39(26-9-5-24(20-50)6-10-26)42-31(17-30(29(21-51)22-52)40(42)27-11-13-34(45)36(47)15-27)38(25-7-3-23(19-49)4-8-25)43(32)41(33)28-12-14-35(46)37(48)16-28/h3-16H,17-18H2. The first kappa shape index (κ1) is 34.4. The summed E-state index contributed by atoms with van der Waals surface area (Å²) >= 11 is 0. The molecule has 2 aliphatic carbocycles. The van der Waals surface area contributed by atoms with E-state index in [-0.39, 0.29) is 57.7 Å². The van der Waals surface area contributed by atoms with E-state index in [9.17, 15) is 29.8 Å². The van der Waals surface area contributed by atoms with Gasteiger partial charge < -0.3 is 0 Å². The van der Waals surface area contributed by atoms with Gasteiger partial charge in [-0.05, 0) is 127 Å². The Bertz CT molecular complexity index is 2730. The van der Waals surface area contributed by atoms with Gasteiger partial charge in [0.05, 0.1) is 28.8 Å². The first-order chi connectivity index (χ1) is 26.2. The van der Waals surface area contributed by atoms with Crippen LogP contribution in [-0.2, 0) is 12.8 Å². The number of nitrogens with zero attached hydrogens (tertiary/aromatic N) is 6. The topological polar surface area (TPSA) is 104 Å². The van der Waals surface area contributed by atoms with Crippen molar-refractivity contribution in [1.82, 2.24) is 0 Å². The van der Waals surface area contributed by atoms with Crippen molar-refractivity contribution < 1.29 is 17.6 Å². The molecule has 0 N–H and O–H groups in total. The Morgan fingerprint density at radius 2 is 0.907 bits per heavy atom. The molecule has 0 atom stereocenters. The molecule has 0 amide bonds. The van der Waals surface area contributed by atoms with Gasteiger partial charge in [-0.2, -0.15) is 30.7 Å². The van der Waals surface area contributed by atoms with Gasteiger partial charge in [0.2, 0.25) is 0 Å². The lowest BCUT2D eigenvalue weighted by molar-refractivity contribution is 0.508. The summed E-state index contributed by atoms with van der Waals surface area (Å²) in [6.45, 7) is 15.8. The molecule has 252 valence electrons. The maximum atomic E-state index is 15.1. The molecule has 0 saturated heterocycles. The van der Waals surface area contributed by atoms with Crippen molar-refractivity contribution in [3.8, 4) is 46.5 Å². The lowest BCUT2D eigenvalue weighted by Crippen LogP contribution is -2.25. The van der Waals surface area contributed by atoms with Crippen LogP contribution in [0.2, 0.25) is 0 Å². The van der Waals surface area contributed by atoms with Crippen LogP contribution in [0.4, 0.5) is 17.6 Å². The quantitative estimate of drug-likeness (QED) is 0.107. The van der Waals surface area contributed by atoms with Crippen LogP contribution in [0.5, 0.6) is 0 Å². The number of allylic oxidation sites excluding steroid dienone is 3. The number of halogens is 4. The number of nitriles is 4. The highest BCUT2D eigenvalue weighted by atomic mass is 19.2. The zero-order valence-electron chi connectivity index (χ0n) is 27.7. The maximum Gasteiger partial charge on any atom is 0.523 e. The lowest BCUT2D eigenvalue weighted by atomic mass is 9.85. The molecule has 0 radical (unpaired) electrons. The average Bonchev–Trinajstić information content (AvgIpc) is 3.77. The van der Waals surface area contributed by atoms with Gasteiger partial charge in [0, 0.05) is 6.42 Å². The van der Waals surface area contributed by atoms with E-state index in [0.717, 1.165) is 24.3 Å². The summed E-state index contributed by atoms with van der Waals surface area (Å²) in [6.07, 6.45) is -0.141. The van der Waals surface area contributed by atoms with Crippen molar-refractivity contribution in [1.29, 1.82) is 21.0 Å². The molecule has 5 aromatic rings. The second-order valence-corrected chi connectivity index (χ2v) is 12.3. The van der Waals surface area contributed by atoms with Crippen molar-refractivity contribution >= 4 is 11.1 Å². The minimum absolute atomic E-state index is 0.0664. The van der Waals surface area contributed by atoms with Crippen molar-refractivity contribution in [3.05, 3.63) is 197 Å². The summed E-state index contributed by atoms with van der Waals surface area (Å²) in [5.74, 6) is -4.88. The molecule has 0 aromatic heterocycles. The van der Waals surface area contributed by atoms with Gasteiger partial charge in [0.25, 0.3) is 0 Å². The molecular weight excluding hydrogens is 689 g/mol. The van der Waals surface area contributed by atoms with Crippen LogP contribution >= 0.6 is 0 Å². The Kier molecular flexibility index (Phi) is 8.67. The van der Waals surface area contributed by atoms with Crippen molar-refractivity contribution in [2.45, 2.75) is 12.8 Å². The number of rotatable bonds is 4. The fraction of sp³-hybridized carbons (Fsp3) is 0.0455. The van der Waals surface area contributed by atoms with Crippen LogP contribution in [0.1, 0.15) is 33.4 Å². The molecule has 0 spiro atoms. The Hall–Kier alpha value is -8.02. The SMILES string of the molecule is [C-]#[N+]C([N+]#[C-])=C1Cc2c(-c3ccc(C#N)cc3)c3c(c(-c4ccc(C#N)cc4)c2=C1c1ccc(F)c(F)c1)CC(=C(C#N)C#N)C=3c1ccc(F)c(F)c1. The fourth-order valence-electron chi connectivity index (χ4n) is 7.32. The van der Waals surface area contributed by atoms with E-state index in [4.69, 9.17) is 13.1 Å². The zero-order valence-corrected chi connectivity index (χ0v) is 27.7. The van der Waals surface area contributed by atoms with E-state index in [0.29, 0.717) is 54.9 Å². The second-order valence-electron chi connectivity index (χ2n) is 12.3. The minimum atomic E-state index is -1.17. The normalized spacial score (nSPS) is 12.4. The highest BCUT2D eigenvalue weighted by Crippen LogP contribution is 2.43. The Morgan fingerprint density at radius 3 is 1.28 bits per heavy atom. The predicted octanol–water partition coefficient (Wildman–Crippen LogP) is 8.22. The third kappa shape index (κ3) is 5.46. The van der Waals surface area contributed by atoms with Crippen LogP contribution in [0.25, 0.3) is 43.1 Å². The molecule has 10 heteroatoms. The van der Waals surface area contributed by atoms with Gasteiger partial charge in [-0.25, -0.2) is 17.6 Å². The van der Waals surface area contributed by atoms with Gasteiger partial charge in [-0.3, -0.25) is 0 Å². The Labute approximate surface area is 305 Å². The van der Waals surface area contributed by atoms with Gasteiger partial charge in [-0.1, -0.05) is 36.4 Å². The molecule has 0 bridgehead atoms. The molecule has 6 nitrogen and oxygen atoms in total.